The van der Waals surface area contributed by atoms with E-state index in [1.807, 2.05) is 24.3 Å². The average molecular weight is 219 g/mol. The van der Waals surface area contributed by atoms with Gasteiger partial charge in [-0.1, -0.05) is 24.3 Å². The first-order chi connectivity index (χ1) is 7.66. The lowest BCUT2D eigenvalue weighted by molar-refractivity contribution is -0.122. The minimum Gasteiger partial charge on any atom is -0.351 e. The van der Waals surface area contributed by atoms with Crippen LogP contribution in [0.25, 0.3) is 0 Å². The van der Waals surface area contributed by atoms with Gasteiger partial charge in [0.1, 0.15) is 0 Å². The molecule has 5 heteroatoms. The van der Waals surface area contributed by atoms with E-state index >= 15 is 0 Å². The van der Waals surface area contributed by atoms with Gasteiger partial charge in [0, 0.05) is 6.54 Å². The molecule has 1 aromatic rings. The molecular formula is C11H13N3O2. The number of amides is 3. The Bertz CT molecular complexity index is 431. The summed E-state index contributed by atoms with van der Waals surface area (Å²) in [7, 11) is 0. The number of urea groups is 1. The SMILES string of the molecule is NC(=O)NC(=O)[C@H]1Cc2ccccc2CN1. The minimum absolute atomic E-state index is 0.373. The molecule has 16 heavy (non-hydrogen) atoms. The van der Waals surface area contributed by atoms with Crippen LogP contribution in [0.15, 0.2) is 24.3 Å². The highest BCUT2D eigenvalue weighted by Crippen LogP contribution is 2.15. The number of primary amides is 1. The first kappa shape index (κ1) is 10.6. The Balaban J connectivity index is 2.08. The highest BCUT2D eigenvalue weighted by atomic mass is 16.2. The predicted octanol–water partition coefficient (Wildman–Crippen LogP) is -0.104. The molecule has 0 bridgehead atoms. The third-order valence-electron chi connectivity index (χ3n) is 2.64. The number of hydrogen-bond donors (Lipinski definition) is 3. The number of fused-ring (bicyclic) bond motifs is 1. The highest BCUT2D eigenvalue weighted by Gasteiger charge is 2.24. The van der Waals surface area contributed by atoms with Crippen molar-refractivity contribution < 1.29 is 9.59 Å². The molecule has 1 aliphatic rings. The second-order valence-corrected chi connectivity index (χ2v) is 3.76. The summed E-state index contributed by atoms with van der Waals surface area (Å²) >= 11 is 0. The molecule has 84 valence electrons. The van der Waals surface area contributed by atoms with E-state index < -0.39 is 6.03 Å². The summed E-state index contributed by atoms with van der Waals surface area (Å²) in [6.45, 7) is 0.632. The van der Waals surface area contributed by atoms with Crippen LogP contribution >= 0.6 is 0 Å². The van der Waals surface area contributed by atoms with Gasteiger partial charge in [0.25, 0.3) is 0 Å². The fraction of sp³-hybridized carbons (Fsp3) is 0.273. The third-order valence-corrected chi connectivity index (χ3v) is 2.64. The van der Waals surface area contributed by atoms with Crippen LogP contribution in [0.5, 0.6) is 0 Å². The summed E-state index contributed by atoms with van der Waals surface area (Å²) in [5.74, 6) is -0.373. The van der Waals surface area contributed by atoms with Gasteiger partial charge in [0.05, 0.1) is 6.04 Å². The van der Waals surface area contributed by atoms with E-state index in [0.29, 0.717) is 13.0 Å². The summed E-state index contributed by atoms with van der Waals surface area (Å²) < 4.78 is 0. The normalized spacial score (nSPS) is 18.6. The Kier molecular flexibility index (Phi) is 2.87. The smallest absolute Gasteiger partial charge is 0.318 e. The van der Waals surface area contributed by atoms with Gasteiger partial charge in [-0.25, -0.2) is 4.79 Å². The molecule has 0 fully saturated rings. The second kappa shape index (κ2) is 4.32. The Morgan fingerprint density at radius 1 is 1.31 bits per heavy atom. The molecule has 5 nitrogen and oxygen atoms in total. The van der Waals surface area contributed by atoms with Gasteiger partial charge in [0.2, 0.25) is 5.91 Å². The molecule has 2 rings (SSSR count). The van der Waals surface area contributed by atoms with Crippen LogP contribution in [0, 0.1) is 0 Å². The van der Waals surface area contributed by atoms with Crippen LogP contribution < -0.4 is 16.4 Å². The molecule has 4 N–H and O–H groups in total. The van der Waals surface area contributed by atoms with E-state index in [1.165, 1.54) is 5.56 Å². The molecule has 0 saturated heterocycles. The highest BCUT2D eigenvalue weighted by molar-refractivity contribution is 5.96. The lowest BCUT2D eigenvalue weighted by Gasteiger charge is -2.24. The number of benzene rings is 1. The van der Waals surface area contributed by atoms with Gasteiger partial charge in [-0.05, 0) is 17.5 Å². The van der Waals surface area contributed by atoms with Gasteiger partial charge in [0.15, 0.2) is 0 Å². The van der Waals surface area contributed by atoms with E-state index in [-0.39, 0.29) is 11.9 Å². The van der Waals surface area contributed by atoms with Crippen LogP contribution in [0.2, 0.25) is 0 Å². The van der Waals surface area contributed by atoms with Crippen LogP contribution in [0.3, 0.4) is 0 Å². The van der Waals surface area contributed by atoms with Crippen molar-refractivity contribution in [2.24, 2.45) is 5.73 Å². The summed E-state index contributed by atoms with van der Waals surface area (Å²) in [6.07, 6.45) is 0.579. The summed E-state index contributed by atoms with van der Waals surface area (Å²) in [5, 5.41) is 5.14. The van der Waals surface area contributed by atoms with Gasteiger partial charge in [-0.15, -0.1) is 0 Å². The van der Waals surface area contributed by atoms with Crippen LogP contribution in [0.1, 0.15) is 11.1 Å². The zero-order chi connectivity index (χ0) is 11.5. The maximum Gasteiger partial charge on any atom is 0.318 e. The topological polar surface area (TPSA) is 84.2 Å². The van der Waals surface area contributed by atoms with E-state index in [0.717, 1.165) is 5.56 Å². The Morgan fingerprint density at radius 2 is 2.00 bits per heavy atom. The van der Waals surface area contributed by atoms with Crippen molar-refractivity contribution in [3.63, 3.8) is 0 Å². The second-order valence-electron chi connectivity index (χ2n) is 3.76. The molecule has 1 atom stereocenters. The molecule has 1 heterocycles. The zero-order valence-corrected chi connectivity index (χ0v) is 8.69. The predicted molar refractivity (Wildman–Crippen MR) is 58.5 cm³/mol. The molecule has 0 unspecified atom stereocenters. The maximum atomic E-state index is 11.5. The number of rotatable bonds is 1. The number of nitrogens with one attached hydrogen (secondary N) is 2. The largest absolute Gasteiger partial charge is 0.351 e. The molecule has 3 amide bonds. The van der Waals surface area contributed by atoms with E-state index in [2.05, 4.69) is 10.6 Å². The summed E-state index contributed by atoms with van der Waals surface area (Å²) in [4.78, 5) is 22.1. The lowest BCUT2D eigenvalue weighted by Crippen LogP contribution is -2.50. The number of carbonyl (C=O) groups is 2. The molecule has 0 radical (unpaired) electrons. The average Bonchev–Trinajstić information content (AvgIpc) is 2.27. The number of nitrogens with two attached hydrogens (primary N) is 1. The fourth-order valence-corrected chi connectivity index (χ4v) is 1.85. The fourth-order valence-electron chi connectivity index (χ4n) is 1.85. The van der Waals surface area contributed by atoms with Gasteiger partial charge >= 0.3 is 6.03 Å². The molecule has 0 saturated carbocycles. The van der Waals surface area contributed by atoms with Crippen molar-refractivity contribution in [3.8, 4) is 0 Å². The van der Waals surface area contributed by atoms with E-state index in [1.54, 1.807) is 0 Å². The lowest BCUT2D eigenvalue weighted by atomic mass is 9.95. The molecule has 0 spiro atoms. The first-order valence-corrected chi connectivity index (χ1v) is 5.07. The molecule has 0 aliphatic carbocycles. The third kappa shape index (κ3) is 2.20. The molecular weight excluding hydrogens is 206 g/mol. The molecule has 1 aromatic carbocycles. The van der Waals surface area contributed by atoms with Crippen molar-refractivity contribution in [2.45, 2.75) is 19.0 Å². The summed E-state index contributed by atoms with van der Waals surface area (Å²) in [5.41, 5.74) is 7.21. The Hall–Kier alpha value is -1.88. The number of carbonyl (C=O) groups excluding carboxylic acids is 2. The van der Waals surface area contributed by atoms with Crippen molar-refractivity contribution in [3.05, 3.63) is 35.4 Å². The van der Waals surface area contributed by atoms with Crippen molar-refractivity contribution >= 4 is 11.9 Å². The van der Waals surface area contributed by atoms with Crippen LogP contribution in [-0.2, 0) is 17.8 Å². The van der Waals surface area contributed by atoms with Crippen molar-refractivity contribution in [2.75, 3.05) is 0 Å². The molecule has 1 aliphatic heterocycles. The summed E-state index contributed by atoms with van der Waals surface area (Å²) in [6, 6.07) is 6.70. The van der Waals surface area contributed by atoms with Gasteiger partial charge in [-0.3, -0.25) is 10.1 Å². The quantitative estimate of drug-likeness (QED) is 0.616. The Morgan fingerprint density at radius 3 is 2.69 bits per heavy atom. The Labute approximate surface area is 93.0 Å². The van der Waals surface area contributed by atoms with E-state index in [9.17, 15) is 9.59 Å². The minimum atomic E-state index is -0.814. The monoisotopic (exact) mass is 219 g/mol. The standard InChI is InChI=1S/C11H13N3O2/c12-11(16)14-10(15)9-5-7-3-1-2-4-8(7)6-13-9/h1-4,9,13H,5-6H2,(H3,12,14,15,16)/t9-/m1/s1. The van der Waals surface area contributed by atoms with Crippen LogP contribution in [0.4, 0.5) is 4.79 Å². The van der Waals surface area contributed by atoms with Crippen LogP contribution in [-0.4, -0.2) is 18.0 Å². The first-order valence-electron chi connectivity index (χ1n) is 5.07. The zero-order valence-electron chi connectivity index (χ0n) is 8.69. The van der Waals surface area contributed by atoms with Gasteiger partial charge < -0.3 is 11.1 Å². The van der Waals surface area contributed by atoms with Crippen molar-refractivity contribution in [1.82, 2.24) is 10.6 Å². The number of hydrogen-bond acceptors (Lipinski definition) is 3. The molecule has 0 aromatic heterocycles. The maximum absolute atomic E-state index is 11.5. The van der Waals surface area contributed by atoms with Crippen molar-refractivity contribution in [1.29, 1.82) is 0 Å². The van der Waals surface area contributed by atoms with Gasteiger partial charge in [-0.2, -0.15) is 0 Å². The number of imide groups is 1. The van der Waals surface area contributed by atoms with E-state index in [4.69, 9.17) is 5.73 Å².